The summed E-state index contributed by atoms with van der Waals surface area (Å²) in [6.45, 7) is 7.97. The van der Waals surface area contributed by atoms with Gasteiger partial charge < -0.3 is 10.0 Å². The standard InChI is InChI=1S/C13H20BrN3O/c1-8(2)13-15-11(14)6-12(16-13)17-5-4-10(18)9(3)7-17/h6,8-10,18H,4-5,7H2,1-3H3. The van der Waals surface area contributed by atoms with Crippen molar-refractivity contribution in [2.45, 2.75) is 39.2 Å². The Kier molecular flexibility index (Phi) is 4.22. The van der Waals surface area contributed by atoms with E-state index in [0.717, 1.165) is 35.8 Å². The largest absolute Gasteiger partial charge is 0.393 e. The lowest BCUT2D eigenvalue weighted by molar-refractivity contribution is 0.0968. The molecule has 100 valence electrons. The molecule has 1 saturated heterocycles. The summed E-state index contributed by atoms with van der Waals surface area (Å²) in [6.07, 6.45) is 0.621. The highest BCUT2D eigenvalue weighted by Crippen LogP contribution is 2.25. The normalized spacial score (nSPS) is 24.7. The second-order valence-corrected chi connectivity index (χ2v) is 6.15. The number of anilines is 1. The lowest BCUT2D eigenvalue weighted by Gasteiger charge is -2.35. The van der Waals surface area contributed by atoms with Crippen molar-refractivity contribution >= 4 is 21.7 Å². The molecule has 0 spiro atoms. The molecular formula is C13H20BrN3O. The van der Waals surface area contributed by atoms with Crippen LogP contribution in [-0.2, 0) is 0 Å². The molecule has 0 aromatic carbocycles. The van der Waals surface area contributed by atoms with Crippen LogP contribution in [0.2, 0.25) is 0 Å². The van der Waals surface area contributed by atoms with E-state index < -0.39 is 0 Å². The molecule has 2 rings (SSSR count). The van der Waals surface area contributed by atoms with E-state index in [1.807, 2.05) is 6.07 Å². The van der Waals surface area contributed by atoms with Crippen LogP contribution in [-0.4, -0.2) is 34.3 Å². The summed E-state index contributed by atoms with van der Waals surface area (Å²) in [5, 5.41) is 9.77. The van der Waals surface area contributed by atoms with E-state index in [1.54, 1.807) is 0 Å². The highest BCUT2D eigenvalue weighted by atomic mass is 79.9. The summed E-state index contributed by atoms with van der Waals surface area (Å²) in [4.78, 5) is 11.2. The number of rotatable bonds is 2. The quantitative estimate of drug-likeness (QED) is 0.853. The molecule has 2 atom stereocenters. The number of nitrogens with zero attached hydrogens (tertiary/aromatic N) is 3. The van der Waals surface area contributed by atoms with Crippen molar-refractivity contribution in [3.63, 3.8) is 0 Å². The second kappa shape index (κ2) is 5.53. The summed E-state index contributed by atoms with van der Waals surface area (Å²) in [5.74, 6) is 2.42. The monoisotopic (exact) mass is 313 g/mol. The van der Waals surface area contributed by atoms with Crippen LogP contribution in [0.5, 0.6) is 0 Å². The van der Waals surface area contributed by atoms with Gasteiger partial charge >= 0.3 is 0 Å². The van der Waals surface area contributed by atoms with Crippen molar-refractivity contribution in [1.82, 2.24) is 9.97 Å². The maximum atomic E-state index is 9.77. The van der Waals surface area contributed by atoms with E-state index in [1.165, 1.54) is 0 Å². The van der Waals surface area contributed by atoms with Crippen LogP contribution in [0.25, 0.3) is 0 Å². The van der Waals surface area contributed by atoms with Crippen LogP contribution in [0.3, 0.4) is 0 Å². The molecule has 0 aliphatic carbocycles. The first-order valence-electron chi connectivity index (χ1n) is 6.45. The highest BCUT2D eigenvalue weighted by molar-refractivity contribution is 9.10. The third-order valence-electron chi connectivity index (χ3n) is 3.40. The Bertz CT molecular complexity index is 425. The van der Waals surface area contributed by atoms with E-state index in [-0.39, 0.29) is 12.0 Å². The first-order chi connectivity index (χ1) is 8.47. The molecule has 0 saturated carbocycles. The van der Waals surface area contributed by atoms with Gasteiger partial charge in [0.15, 0.2) is 0 Å². The summed E-state index contributed by atoms with van der Waals surface area (Å²) >= 11 is 3.45. The molecule has 1 N–H and O–H groups in total. The molecule has 0 amide bonds. The number of piperidine rings is 1. The van der Waals surface area contributed by atoms with Crippen molar-refractivity contribution in [2.75, 3.05) is 18.0 Å². The minimum absolute atomic E-state index is 0.184. The molecule has 1 aliphatic heterocycles. The fourth-order valence-corrected chi connectivity index (χ4v) is 2.57. The third kappa shape index (κ3) is 3.01. The minimum Gasteiger partial charge on any atom is -0.393 e. The lowest BCUT2D eigenvalue weighted by Crippen LogP contribution is -2.42. The number of halogens is 1. The van der Waals surface area contributed by atoms with E-state index in [2.05, 4.69) is 51.6 Å². The van der Waals surface area contributed by atoms with Crippen LogP contribution < -0.4 is 4.90 Å². The van der Waals surface area contributed by atoms with E-state index in [4.69, 9.17) is 0 Å². The minimum atomic E-state index is -0.184. The topological polar surface area (TPSA) is 49.2 Å². The van der Waals surface area contributed by atoms with E-state index in [0.29, 0.717) is 5.92 Å². The average Bonchev–Trinajstić information content (AvgIpc) is 2.31. The highest BCUT2D eigenvalue weighted by Gasteiger charge is 2.25. The Morgan fingerprint density at radius 2 is 2.17 bits per heavy atom. The van der Waals surface area contributed by atoms with Gasteiger partial charge in [-0.3, -0.25) is 0 Å². The van der Waals surface area contributed by atoms with Gasteiger partial charge in [-0.05, 0) is 28.3 Å². The number of aromatic nitrogens is 2. The first-order valence-corrected chi connectivity index (χ1v) is 7.24. The maximum Gasteiger partial charge on any atom is 0.134 e. The predicted molar refractivity (Wildman–Crippen MR) is 75.8 cm³/mol. The number of hydrogen-bond donors (Lipinski definition) is 1. The van der Waals surface area contributed by atoms with Gasteiger partial charge in [0.05, 0.1) is 6.10 Å². The zero-order valence-corrected chi connectivity index (χ0v) is 12.7. The molecule has 5 heteroatoms. The molecule has 2 unspecified atom stereocenters. The van der Waals surface area contributed by atoms with Crippen molar-refractivity contribution in [3.05, 3.63) is 16.5 Å². The van der Waals surface area contributed by atoms with Gasteiger partial charge in [-0.15, -0.1) is 0 Å². The van der Waals surface area contributed by atoms with Crippen molar-refractivity contribution < 1.29 is 5.11 Å². The molecule has 4 nitrogen and oxygen atoms in total. The molecule has 18 heavy (non-hydrogen) atoms. The fraction of sp³-hybridized carbons (Fsp3) is 0.692. The molecule has 0 bridgehead atoms. The fourth-order valence-electron chi connectivity index (χ4n) is 2.18. The van der Waals surface area contributed by atoms with Crippen LogP contribution in [0, 0.1) is 5.92 Å². The predicted octanol–water partition coefficient (Wildman–Crippen LogP) is 2.57. The van der Waals surface area contributed by atoms with Crippen LogP contribution in [0.1, 0.15) is 38.9 Å². The van der Waals surface area contributed by atoms with Gasteiger partial charge in [-0.2, -0.15) is 0 Å². The van der Waals surface area contributed by atoms with Gasteiger partial charge in [-0.25, -0.2) is 9.97 Å². The van der Waals surface area contributed by atoms with Gasteiger partial charge in [0.2, 0.25) is 0 Å². The average molecular weight is 314 g/mol. The maximum absolute atomic E-state index is 9.77. The van der Waals surface area contributed by atoms with Crippen LogP contribution in [0.15, 0.2) is 10.7 Å². The van der Waals surface area contributed by atoms with Gasteiger partial charge in [0.1, 0.15) is 16.2 Å². The Morgan fingerprint density at radius 1 is 1.44 bits per heavy atom. The van der Waals surface area contributed by atoms with Crippen molar-refractivity contribution in [3.8, 4) is 0 Å². The second-order valence-electron chi connectivity index (χ2n) is 5.34. The molecule has 1 fully saturated rings. The Morgan fingerprint density at radius 3 is 2.78 bits per heavy atom. The molecule has 1 aromatic rings. The number of aliphatic hydroxyl groups is 1. The van der Waals surface area contributed by atoms with E-state index in [9.17, 15) is 5.11 Å². The first kappa shape index (κ1) is 13.7. The molecule has 1 aromatic heterocycles. The van der Waals surface area contributed by atoms with Crippen molar-refractivity contribution in [1.29, 1.82) is 0 Å². The van der Waals surface area contributed by atoms with Gasteiger partial charge in [-0.1, -0.05) is 20.8 Å². The molecule has 2 heterocycles. The molecule has 0 radical (unpaired) electrons. The zero-order chi connectivity index (χ0) is 13.3. The lowest BCUT2D eigenvalue weighted by atomic mass is 9.97. The van der Waals surface area contributed by atoms with Gasteiger partial charge in [0.25, 0.3) is 0 Å². The summed E-state index contributed by atoms with van der Waals surface area (Å²) in [5.41, 5.74) is 0. The summed E-state index contributed by atoms with van der Waals surface area (Å²) in [7, 11) is 0. The molecule has 1 aliphatic rings. The zero-order valence-electron chi connectivity index (χ0n) is 11.1. The summed E-state index contributed by atoms with van der Waals surface area (Å²) < 4.78 is 0.829. The number of aliphatic hydroxyl groups excluding tert-OH is 1. The Balaban J connectivity index is 2.23. The Labute approximate surface area is 117 Å². The van der Waals surface area contributed by atoms with Gasteiger partial charge in [0, 0.05) is 25.1 Å². The third-order valence-corrected chi connectivity index (χ3v) is 3.81. The Hall–Kier alpha value is -0.680. The van der Waals surface area contributed by atoms with Crippen LogP contribution in [0.4, 0.5) is 5.82 Å². The number of hydrogen-bond acceptors (Lipinski definition) is 4. The smallest absolute Gasteiger partial charge is 0.134 e. The van der Waals surface area contributed by atoms with Crippen molar-refractivity contribution in [2.24, 2.45) is 5.92 Å². The van der Waals surface area contributed by atoms with Crippen LogP contribution >= 0.6 is 15.9 Å². The molecular weight excluding hydrogens is 294 g/mol. The SMILES string of the molecule is CC(C)c1nc(Br)cc(N2CCC(O)C(C)C2)n1. The van der Waals surface area contributed by atoms with E-state index >= 15 is 0 Å². The summed E-state index contributed by atoms with van der Waals surface area (Å²) in [6, 6.07) is 1.95.